The second-order valence-corrected chi connectivity index (χ2v) is 9.82. The molecule has 2 N–H and O–H groups in total. The SMILES string of the molecule is Cc1ccc(OCC(=O)Nc2ccc(S(=O)(=O)NC3CCCCC3)cc2)c(Br)c1. The summed E-state index contributed by atoms with van der Waals surface area (Å²) < 4.78 is 34.1. The minimum absolute atomic E-state index is 0.00590. The van der Waals surface area contributed by atoms with Crippen molar-refractivity contribution in [3.05, 3.63) is 52.5 Å². The van der Waals surface area contributed by atoms with Gasteiger partial charge >= 0.3 is 0 Å². The summed E-state index contributed by atoms with van der Waals surface area (Å²) in [6, 6.07) is 11.8. The van der Waals surface area contributed by atoms with Crippen LogP contribution < -0.4 is 14.8 Å². The van der Waals surface area contributed by atoms with Crippen molar-refractivity contribution in [2.75, 3.05) is 11.9 Å². The van der Waals surface area contributed by atoms with Crippen molar-refractivity contribution in [3.63, 3.8) is 0 Å². The number of hydrogen-bond donors (Lipinski definition) is 2. The third-order valence-corrected chi connectivity index (χ3v) is 6.98. The Kier molecular flexibility index (Phi) is 7.32. The van der Waals surface area contributed by atoms with Crippen molar-refractivity contribution in [3.8, 4) is 5.75 Å². The van der Waals surface area contributed by atoms with E-state index in [1.165, 1.54) is 12.1 Å². The highest BCUT2D eigenvalue weighted by atomic mass is 79.9. The molecule has 1 aliphatic carbocycles. The van der Waals surface area contributed by atoms with Crippen molar-refractivity contribution < 1.29 is 17.9 Å². The van der Waals surface area contributed by atoms with Crippen LogP contribution in [0, 0.1) is 6.92 Å². The van der Waals surface area contributed by atoms with E-state index in [0.717, 1.165) is 42.1 Å². The van der Waals surface area contributed by atoms with Gasteiger partial charge in [0.25, 0.3) is 5.91 Å². The van der Waals surface area contributed by atoms with Gasteiger partial charge in [0, 0.05) is 11.7 Å². The zero-order valence-electron chi connectivity index (χ0n) is 16.3. The van der Waals surface area contributed by atoms with Gasteiger partial charge in [0.15, 0.2) is 6.61 Å². The largest absolute Gasteiger partial charge is 0.483 e. The van der Waals surface area contributed by atoms with E-state index in [4.69, 9.17) is 4.74 Å². The minimum atomic E-state index is -3.55. The first kappa shape index (κ1) is 21.8. The van der Waals surface area contributed by atoms with E-state index < -0.39 is 10.0 Å². The van der Waals surface area contributed by atoms with Crippen LogP contribution in [0.2, 0.25) is 0 Å². The standard InChI is InChI=1S/C21H25BrN2O4S/c1-15-7-12-20(19(22)13-15)28-14-21(25)23-16-8-10-18(11-9-16)29(26,27)24-17-5-3-2-4-6-17/h7-13,17,24H,2-6,14H2,1H3,(H,23,25). The van der Waals surface area contributed by atoms with E-state index in [-0.39, 0.29) is 23.5 Å². The van der Waals surface area contributed by atoms with Crippen molar-refractivity contribution in [1.82, 2.24) is 4.72 Å². The Bertz CT molecular complexity index is 955. The van der Waals surface area contributed by atoms with E-state index in [1.807, 2.05) is 19.1 Å². The Hall–Kier alpha value is -1.90. The Morgan fingerprint density at radius 3 is 2.45 bits per heavy atom. The third-order valence-electron chi connectivity index (χ3n) is 4.82. The van der Waals surface area contributed by atoms with Gasteiger partial charge < -0.3 is 10.1 Å². The number of aryl methyl sites for hydroxylation is 1. The minimum Gasteiger partial charge on any atom is -0.483 e. The van der Waals surface area contributed by atoms with Crippen LogP contribution in [0.4, 0.5) is 5.69 Å². The number of nitrogens with one attached hydrogen (secondary N) is 2. The molecule has 156 valence electrons. The summed E-state index contributed by atoms with van der Waals surface area (Å²) >= 11 is 3.41. The van der Waals surface area contributed by atoms with Crippen LogP contribution in [0.15, 0.2) is 51.8 Å². The molecule has 0 saturated heterocycles. The summed E-state index contributed by atoms with van der Waals surface area (Å²) in [6.45, 7) is 1.82. The maximum atomic E-state index is 12.5. The van der Waals surface area contributed by atoms with Crippen molar-refractivity contribution >= 4 is 37.5 Å². The number of anilines is 1. The van der Waals surface area contributed by atoms with Gasteiger partial charge in [0.1, 0.15) is 5.75 Å². The Labute approximate surface area is 180 Å². The maximum Gasteiger partial charge on any atom is 0.262 e. The number of sulfonamides is 1. The molecule has 1 amide bonds. The molecule has 29 heavy (non-hydrogen) atoms. The van der Waals surface area contributed by atoms with Gasteiger partial charge in [-0.25, -0.2) is 13.1 Å². The van der Waals surface area contributed by atoms with E-state index >= 15 is 0 Å². The fourth-order valence-corrected chi connectivity index (χ4v) is 5.20. The quantitative estimate of drug-likeness (QED) is 0.615. The Morgan fingerprint density at radius 1 is 1.10 bits per heavy atom. The molecule has 0 unspecified atom stereocenters. The highest BCUT2D eigenvalue weighted by molar-refractivity contribution is 9.10. The van der Waals surface area contributed by atoms with Crippen LogP contribution in [0.1, 0.15) is 37.7 Å². The van der Waals surface area contributed by atoms with E-state index in [0.29, 0.717) is 11.4 Å². The number of hydrogen-bond acceptors (Lipinski definition) is 4. The number of amides is 1. The first-order valence-corrected chi connectivity index (χ1v) is 11.9. The monoisotopic (exact) mass is 480 g/mol. The molecule has 1 saturated carbocycles. The van der Waals surface area contributed by atoms with Crippen molar-refractivity contribution in [2.24, 2.45) is 0 Å². The van der Waals surface area contributed by atoms with E-state index in [9.17, 15) is 13.2 Å². The molecule has 0 atom stereocenters. The molecule has 0 radical (unpaired) electrons. The molecule has 8 heteroatoms. The fourth-order valence-electron chi connectivity index (χ4n) is 3.29. The number of rotatable bonds is 7. The first-order chi connectivity index (χ1) is 13.8. The normalized spacial score (nSPS) is 15.1. The Morgan fingerprint density at radius 2 is 1.79 bits per heavy atom. The van der Waals surface area contributed by atoms with Gasteiger partial charge in [-0.15, -0.1) is 0 Å². The summed E-state index contributed by atoms with van der Waals surface area (Å²) in [7, 11) is -3.55. The maximum absolute atomic E-state index is 12.5. The average molecular weight is 481 g/mol. The molecule has 6 nitrogen and oxygen atoms in total. The topological polar surface area (TPSA) is 84.5 Å². The predicted molar refractivity (Wildman–Crippen MR) is 117 cm³/mol. The molecule has 0 aliphatic heterocycles. The lowest BCUT2D eigenvalue weighted by Gasteiger charge is -2.22. The summed E-state index contributed by atoms with van der Waals surface area (Å²) in [4.78, 5) is 12.3. The van der Waals surface area contributed by atoms with Crippen LogP contribution in [0.3, 0.4) is 0 Å². The average Bonchev–Trinajstić information content (AvgIpc) is 2.68. The molecule has 0 aromatic heterocycles. The number of carbonyl (C=O) groups excluding carboxylic acids is 1. The summed E-state index contributed by atoms with van der Waals surface area (Å²) in [5.74, 6) is 0.259. The lowest BCUT2D eigenvalue weighted by atomic mass is 9.96. The highest BCUT2D eigenvalue weighted by Crippen LogP contribution is 2.26. The molecular formula is C21H25BrN2O4S. The Balaban J connectivity index is 1.54. The predicted octanol–water partition coefficient (Wildman–Crippen LogP) is 4.39. The number of benzene rings is 2. The molecule has 0 bridgehead atoms. The zero-order chi connectivity index (χ0) is 20.9. The number of halogens is 1. The van der Waals surface area contributed by atoms with Crippen LogP contribution in [-0.4, -0.2) is 27.0 Å². The summed E-state index contributed by atoms with van der Waals surface area (Å²) in [5, 5.41) is 2.71. The molecule has 2 aromatic rings. The molecule has 2 aromatic carbocycles. The lowest BCUT2D eigenvalue weighted by Crippen LogP contribution is -2.36. The number of ether oxygens (including phenoxy) is 1. The van der Waals surface area contributed by atoms with Crippen LogP contribution >= 0.6 is 15.9 Å². The van der Waals surface area contributed by atoms with Crippen molar-refractivity contribution in [2.45, 2.75) is 50.0 Å². The molecule has 0 heterocycles. The van der Waals surface area contributed by atoms with Gasteiger partial charge in [-0.3, -0.25) is 4.79 Å². The van der Waals surface area contributed by atoms with Gasteiger partial charge in [-0.1, -0.05) is 25.3 Å². The summed E-state index contributed by atoms with van der Waals surface area (Å²) in [5.41, 5.74) is 1.60. The van der Waals surface area contributed by atoms with Crippen LogP contribution in [0.5, 0.6) is 5.75 Å². The van der Waals surface area contributed by atoms with E-state index in [2.05, 4.69) is 26.0 Å². The third kappa shape index (κ3) is 6.29. The lowest BCUT2D eigenvalue weighted by molar-refractivity contribution is -0.118. The van der Waals surface area contributed by atoms with Crippen LogP contribution in [0.25, 0.3) is 0 Å². The molecule has 1 aliphatic rings. The van der Waals surface area contributed by atoms with Gasteiger partial charge in [0.05, 0.1) is 9.37 Å². The molecule has 0 spiro atoms. The fraction of sp³-hybridized carbons (Fsp3) is 0.381. The zero-order valence-corrected chi connectivity index (χ0v) is 18.7. The van der Waals surface area contributed by atoms with Gasteiger partial charge in [-0.05, 0) is 77.7 Å². The highest BCUT2D eigenvalue weighted by Gasteiger charge is 2.21. The first-order valence-electron chi connectivity index (χ1n) is 9.65. The molecule has 3 rings (SSSR count). The van der Waals surface area contributed by atoms with Gasteiger partial charge in [0.2, 0.25) is 10.0 Å². The van der Waals surface area contributed by atoms with Crippen LogP contribution in [-0.2, 0) is 14.8 Å². The number of carbonyl (C=O) groups is 1. The summed E-state index contributed by atoms with van der Waals surface area (Å²) in [6.07, 6.45) is 5.03. The van der Waals surface area contributed by atoms with Crippen molar-refractivity contribution in [1.29, 1.82) is 0 Å². The van der Waals surface area contributed by atoms with E-state index in [1.54, 1.807) is 18.2 Å². The van der Waals surface area contributed by atoms with Gasteiger partial charge in [-0.2, -0.15) is 0 Å². The molecule has 1 fully saturated rings. The second kappa shape index (κ2) is 9.73. The molecular weight excluding hydrogens is 456 g/mol. The smallest absolute Gasteiger partial charge is 0.262 e. The second-order valence-electron chi connectivity index (χ2n) is 7.25.